The Morgan fingerprint density at radius 2 is 1.54 bits per heavy atom. The first kappa shape index (κ1) is 21.1. The maximum Gasteiger partial charge on any atom is 0.416 e. The highest BCUT2D eigenvalue weighted by Gasteiger charge is 2.30. The van der Waals surface area contributed by atoms with Gasteiger partial charge in [0.25, 0.3) is 11.8 Å². The number of halogens is 3. The average molecular weight is 396 g/mol. The minimum Gasteiger partial charge on any atom is -0.494 e. The maximum atomic E-state index is 12.5. The number of hydrazine groups is 1. The quantitative estimate of drug-likeness (QED) is 0.735. The lowest BCUT2D eigenvalue weighted by molar-refractivity contribution is -0.137. The molecular formula is C19H19F3N2O4. The molecule has 2 N–H and O–H groups in total. The normalized spacial score (nSPS) is 12.0. The van der Waals surface area contributed by atoms with Crippen molar-refractivity contribution in [2.45, 2.75) is 26.1 Å². The molecule has 0 radical (unpaired) electrons. The molecule has 0 bridgehead atoms. The molecule has 2 amide bonds. The van der Waals surface area contributed by atoms with Gasteiger partial charge in [-0.05, 0) is 62.4 Å². The second-order valence-corrected chi connectivity index (χ2v) is 5.68. The lowest BCUT2D eigenvalue weighted by atomic mass is 10.1. The summed E-state index contributed by atoms with van der Waals surface area (Å²) in [5.41, 5.74) is 3.39. The van der Waals surface area contributed by atoms with Crippen LogP contribution >= 0.6 is 0 Å². The number of hydrogen-bond donors (Lipinski definition) is 2. The topological polar surface area (TPSA) is 76.7 Å². The first-order valence-corrected chi connectivity index (χ1v) is 8.37. The van der Waals surface area contributed by atoms with E-state index in [4.69, 9.17) is 9.47 Å². The Bertz CT molecular complexity index is 805. The minimum absolute atomic E-state index is 0.0339. The van der Waals surface area contributed by atoms with Crippen molar-refractivity contribution >= 4 is 11.8 Å². The van der Waals surface area contributed by atoms with Crippen LogP contribution in [-0.4, -0.2) is 24.5 Å². The zero-order valence-corrected chi connectivity index (χ0v) is 15.2. The van der Waals surface area contributed by atoms with Crippen LogP contribution in [0.3, 0.4) is 0 Å². The summed E-state index contributed by atoms with van der Waals surface area (Å²) in [7, 11) is 0. The molecule has 0 spiro atoms. The fourth-order valence-electron chi connectivity index (χ4n) is 2.14. The van der Waals surface area contributed by atoms with Crippen molar-refractivity contribution in [3.8, 4) is 11.5 Å². The van der Waals surface area contributed by atoms with E-state index in [0.29, 0.717) is 18.1 Å². The van der Waals surface area contributed by atoms with Gasteiger partial charge in [-0.3, -0.25) is 20.4 Å². The summed E-state index contributed by atoms with van der Waals surface area (Å²) in [5.74, 6) is -0.291. The summed E-state index contributed by atoms with van der Waals surface area (Å²) < 4.78 is 48.3. The highest BCUT2D eigenvalue weighted by atomic mass is 19.4. The van der Waals surface area contributed by atoms with Crippen LogP contribution in [0.25, 0.3) is 0 Å². The lowest BCUT2D eigenvalue weighted by Gasteiger charge is -2.15. The first-order valence-electron chi connectivity index (χ1n) is 8.37. The molecule has 0 aromatic heterocycles. The molecule has 2 aromatic carbocycles. The largest absolute Gasteiger partial charge is 0.494 e. The van der Waals surface area contributed by atoms with E-state index >= 15 is 0 Å². The molecule has 0 aliphatic heterocycles. The molecular weight excluding hydrogens is 377 g/mol. The lowest BCUT2D eigenvalue weighted by Crippen LogP contribution is -2.47. The van der Waals surface area contributed by atoms with Gasteiger partial charge in [0.2, 0.25) is 0 Å². The zero-order chi connectivity index (χ0) is 20.7. The fourth-order valence-corrected chi connectivity index (χ4v) is 2.14. The number of amides is 2. The molecule has 9 heteroatoms. The number of rotatable bonds is 6. The standard InChI is InChI=1S/C19H19F3N2O4/c1-3-27-15-8-10-16(11-9-15)28-12(2)17(25)23-24-18(26)13-4-6-14(7-5-13)19(20,21)22/h4-12H,3H2,1-2H3,(H,23,25)(H,24,26). The van der Waals surface area contributed by atoms with Gasteiger partial charge < -0.3 is 9.47 Å². The molecule has 0 fully saturated rings. The molecule has 1 unspecified atom stereocenters. The molecule has 6 nitrogen and oxygen atoms in total. The van der Waals surface area contributed by atoms with Crippen molar-refractivity contribution in [1.82, 2.24) is 10.9 Å². The molecule has 150 valence electrons. The smallest absolute Gasteiger partial charge is 0.416 e. The van der Waals surface area contributed by atoms with Crippen LogP contribution in [0.2, 0.25) is 0 Å². The molecule has 0 heterocycles. The number of ether oxygens (including phenoxy) is 2. The third-order valence-electron chi connectivity index (χ3n) is 3.59. The Balaban J connectivity index is 1.85. The van der Waals surface area contributed by atoms with Crippen LogP contribution in [0.15, 0.2) is 48.5 Å². The molecule has 0 saturated heterocycles. The number of carbonyl (C=O) groups excluding carboxylic acids is 2. The van der Waals surface area contributed by atoms with E-state index in [1.54, 1.807) is 24.3 Å². The van der Waals surface area contributed by atoms with E-state index in [-0.39, 0.29) is 5.56 Å². The molecule has 2 rings (SSSR count). The predicted octanol–water partition coefficient (Wildman–Crippen LogP) is 3.33. The van der Waals surface area contributed by atoms with Crippen molar-refractivity contribution in [3.63, 3.8) is 0 Å². The predicted molar refractivity (Wildman–Crippen MR) is 94.8 cm³/mol. The maximum absolute atomic E-state index is 12.5. The molecule has 0 aliphatic carbocycles. The van der Waals surface area contributed by atoms with E-state index in [0.717, 1.165) is 24.3 Å². The minimum atomic E-state index is -4.49. The number of carbonyl (C=O) groups is 2. The van der Waals surface area contributed by atoms with Crippen LogP contribution in [-0.2, 0) is 11.0 Å². The van der Waals surface area contributed by atoms with Crippen LogP contribution in [0, 0.1) is 0 Å². The highest BCUT2D eigenvalue weighted by molar-refractivity contribution is 5.95. The van der Waals surface area contributed by atoms with Gasteiger partial charge in [0, 0.05) is 5.56 Å². The van der Waals surface area contributed by atoms with Crippen molar-refractivity contribution in [3.05, 3.63) is 59.7 Å². The summed E-state index contributed by atoms with van der Waals surface area (Å²) in [6, 6.07) is 10.3. The number of benzene rings is 2. The molecule has 0 aliphatic rings. The Labute approximate surface area is 159 Å². The van der Waals surface area contributed by atoms with E-state index in [9.17, 15) is 22.8 Å². The van der Waals surface area contributed by atoms with Gasteiger partial charge in [0.15, 0.2) is 6.10 Å². The van der Waals surface area contributed by atoms with Crippen LogP contribution < -0.4 is 20.3 Å². The second kappa shape index (κ2) is 9.12. The summed E-state index contributed by atoms with van der Waals surface area (Å²) in [6.45, 7) is 3.86. The number of alkyl halides is 3. The van der Waals surface area contributed by atoms with Crippen LogP contribution in [0.4, 0.5) is 13.2 Å². The number of hydrogen-bond acceptors (Lipinski definition) is 4. The Morgan fingerprint density at radius 1 is 0.964 bits per heavy atom. The van der Waals surface area contributed by atoms with Gasteiger partial charge in [-0.25, -0.2) is 0 Å². The molecule has 0 saturated carbocycles. The van der Waals surface area contributed by atoms with Crippen molar-refractivity contribution < 1.29 is 32.2 Å². The molecule has 28 heavy (non-hydrogen) atoms. The third kappa shape index (κ3) is 5.90. The third-order valence-corrected chi connectivity index (χ3v) is 3.59. The first-order chi connectivity index (χ1) is 13.2. The van der Waals surface area contributed by atoms with Crippen LogP contribution in [0.1, 0.15) is 29.8 Å². The summed E-state index contributed by atoms with van der Waals surface area (Å²) >= 11 is 0. The van der Waals surface area contributed by atoms with Gasteiger partial charge in [-0.1, -0.05) is 0 Å². The summed E-state index contributed by atoms with van der Waals surface area (Å²) in [6.07, 6.45) is -5.41. The van der Waals surface area contributed by atoms with E-state index < -0.39 is 29.7 Å². The van der Waals surface area contributed by atoms with E-state index in [1.807, 2.05) is 6.92 Å². The Kier molecular flexibility index (Phi) is 6.86. The van der Waals surface area contributed by atoms with Gasteiger partial charge >= 0.3 is 6.18 Å². The SMILES string of the molecule is CCOc1ccc(OC(C)C(=O)NNC(=O)c2ccc(C(F)(F)F)cc2)cc1. The zero-order valence-electron chi connectivity index (χ0n) is 15.2. The fraction of sp³-hybridized carbons (Fsp3) is 0.263. The Hall–Kier alpha value is -3.23. The van der Waals surface area contributed by atoms with Crippen molar-refractivity contribution in [2.24, 2.45) is 0 Å². The Morgan fingerprint density at radius 3 is 2.07 bits per heavy atom. The summed E-state index contributed by atoms with van der Waals surface area (Å²) in [4.78, 5) is 23.9. The van der Waals surface area contributed by atoms with E-state index in [2.05, 4.69) is 10.9 Å². The van der Waals surface area contributed by atoms with Gasteiger partial charge in [-0.2, -0.15) is 13.2 Å². The highest BCUT2D eigenvalue weighted by Crippen LogP contribution is 2.29. The van der Waals surface area contributed by atoms with Gasteiger partial charge in [-0.15, -0.1) is 0 Å². The van der Waals surface area contributed by atoms with Crippen molar-refractivity contribution in [2.75, 3.05) is 6.61 Å². The second-order valence-electron chi connectivity index (χ2n) is 5.68. The average Bonchev–Trinajstić information content (AvgIpc) is 2.67. The van der Waals surface area contributed by atoms with E-state index in [1.165, 1.54) is 6.92 Å². The summed E-state index contributed by atoms with van der Waals surface area (Å²) in [5, 5.41) is 0. The monoisotopic (exact) mass is 396 g/mol. The molecule has 1 atom stereocenters. The van der Waals surface area contributed by atoms with Gasteiger partial charge in [0.1, 0.15) is 11.5 Å². The van der Waals surface area contributed by atoms with Gasteiger partial charge in [0.05, 0.1) is 12.2 Å². The van der Waals surface area contributed by atoms with Crippen LogP contribution in [0.5, 0.6) is 11.5 Å². The van der Waals surface area contributed by atoms with Crippen molar-refractivity contribution in [1.29, 1.82) is 0 Å². The molecule has 2 aromatic rings. The number of nitrogens with one attached hydrogen (secondary N) is 2.